The largest absolute Gasteiger partial charge is 0.441 e. The monoisotopic (exact) mass is 488 g/mol. The Morgan fingerprint density at radius 3 is 1.67 bits per heavy atom. The fraction of sp³-hybridized carbons (Fsp3) is 0.250. The van der Waals surface area contributed by atoms with E-state index < -0.39 is 7.60 Å². The minimum absolute atomic E-state index is 0.0918. The SMILES string of the molecule is CCOP(=O)(Cc1cnc(-c2ccccc2)o1)OCC.ClCc1cnc(-c2ccccc2)o1. The molecule has 7 nitrogen and oxygen atoms in total. The van der Waals surface area contributed by atoms with E-state index in [1.54, 1.807) is 26.2 Å². The van der Waals surface area contributed by atoms with Crippen LogP contribution in [0.3, 0.4) is 0 Å². The molecule has 0 atom stereocenters. The Bertz CT molecular complexity index is 1140. The van der Waals surface area contributed by atoms with Crippen molar-refractivity contribution < 1.29 is 22.4 Å². The van der Waals surface area contributed by atoms with Gasteiger partial charge in [-0.3, -0.25) is 4.57 Å². The van der Waals surface area contributed by atoms with Crippen molar-refractivity contribution in [3.05, 3.63) is 84.6 Å². The third kappa shape index (κ3) is 7.41. The van der Waals surface area contributed by atoms with Gasteiger partial charge in [0, 0.05) is 11.1 Å². The maximum absolute atomic E-state index is 12.4. The predicted molar refractivity (Wildman–Crippen MR) is 128 cm³/mol. The molecule has 4 rings (SSSR count). The Balaban J connectivity index is 0.000000203. The first kappa shape index (κ1) is 24.9. The number of aromatic nitrogens is 2. The van der Waals surface area contributed by atoms with E-state index in [2.05, 4.69) is 9.97 Å². The highest BCUT2D eigenvalue weighted by Gasteiger charge is 2.26. The van der Waals surface area contributed by atoms with Crippen molar-refractivity contribution in [2.75, 3.05) is 13.2 Å². The van der Waals surface area contributed by atoms with E-state index in [0.717, 1.165) is 11.1 Å². The van der Waals surface area contributed by atoms with Crippen LogP contribution in [-0.2, 0) is 25.7 Å². The highest BCUT2D eigenvalue weighted by Crippen LogP contribution is 2.51. The van der Waals surface area contributed by atoms with Gasteiger partial charge in [-0.25, -0.2) is 9.97 Å². The van der Waals surface area contributed by atoms with Gasteiger partial charge in [0.25, 0.3) is 0 Å². The molecular formula is C24H26ClN2O5P. The van der Waals surface area contributed by atoms with Crippen molar-refractivity contribution in [1.82, 2.24) is 9.97 Å². The second-order valence-electron chi connectivity index (χ2n) is 6.73. The molecule has 0 saturated carbocycles. The van der Waals surface area contributed by atoms with Crippen molar-refractivity contribution in [2.45, 2.75) is 25.9 Å². The Morgan fingerprint density at radius 1 is 0.788 bits per heavy atom. The summed E-state index contributed by atoms with van der Waals surface area (Å²) in [5.74, 6) is 2.67. The molecule has 2 aromatic heterocycles. The molecule has 0 aliphatic carbocycles. The predicted octanol–water partition coefficient (Wildman–Crippen LogP) is 7.19. The molecule has 0 bridgehead atoms. The Hall–Kier alpha value is -2.70. The third-order valence-corrected chi connectivity index (χ3v) is 6.55. The van der Waals surface area contributed by atoms with E-state index in [1.165, 1.54) is 0 Å². The van der Waals surface area contributed by atoms with E-state index in [9.17, 15) is 4.57 Å². The van der Waals surface area contributed by atoms with Gasteiger partial charge in [0.2, 0.25) is 11.8 Å². The average Bonchev–Trinajstić information content (AvgIpc) is 3.51. The highest BCUT2D eigenvalue weighted by atomic mass is 35.5. The van der Waals surface area contributed by atoms with Crippen LogP contribution in [0.2, 0.25) is 0 Å². The number of hydrogen-bond donors (Lipinski definition) is 0. The van der Waals surface area contributed by atoms with Crippen molar-refractivity contribution in [3.63, 3.8) is 0 Å². The van der Waals surface area contributed by atoms with Crippen LogP contribution < -0.4 is 0 Å². The van der Waals surface area contributed by atoms with Gasteiger partial charge >= 0.3 is 7.60 Å². The molecule has 33 heavy (non-hydrogen) atoms. The summed E-state index contributed by atoms with van der Waals surface area (Å²) in [6.07, 6.45) is 3.30. The molecule has 2 heterocycles. The topological polar surface area (TPSA) is 87.6 Å². The smallest absolute Gasteiger partial charge is 0.338 e. The zero-order valence-electron chi connectivity index (χ0n) is 18.5. The molecule has 0 N–H and O–H groups in total. The summed E-state index contributed by atoms with van der Waals surface area (Å²) in [6, 6.07) is 19.3. The summed E-state index contributed by atoms with van der Waals surface area (Å²) in [5.41, 5.74) is 1.85. The van der Waals surface area contributed by atoms with Crippen LogP contribution in [0.25, 0.3) is 22.9 Å². The Kier molecular flexibility index (Phi) is 9.46. The molecule has 0 radical (unpaired) electrons. The Morgan fingerprint density at radius 2 is 1.24 bits per heavy atom. The first-order chi connectivity index (χ1) is 16.1. The van der Waals surface area contributed by atoms with Gasteiger partial charge in [0.05, 0.1) is 31.5 Å². The van der Waals surface area contributed by atoms with Crippen molar-refractivity contribution in [2.24, 2.45) is 0 Å². The fourth-order valence-electron chi connectivity index (χ4n) is 2.89. The lowest BCUT2D eigenvalue weighted by Crippen LogP contribution is -1.98. The van der Waals surface area contributed by atoms with Gasteiger partial charge in [-0.15, -0.1) is 11.6 Å². The van der Waals surface area contributed by atoms with Crippen LogP contribution in [0.4, 0.5) is 0 Å². The minimum atomic E-state index is -3.15. The van der Waals surface area contributed by atoms with Gasteiger partial charge in [-0.05, 0) is 38.1 Å². The number of nitrogens with zero attached hydrogens (tertiary/aromatic N) is 2. The van der Waals surface area contributed by atoms with Crippen molar-refractivity contribution in [1.29, 1.82) is 0 Å². The summed E-state index contributed by atoms with van der Waals surface area (Å²) in [4.78, 5) is 8.30. The highest BCUT2D eigenvalue weighted by molar-refractivity contribution is 7.53. The van der Waals surface area contributed by atoms with E-state index in [-0.39, 0.29) is 6.16 Å². The first-order valence-electron chi connectivity index (χ1n) is 10.5. The molecule has 9 heteroatoms. The Labute approximate surface area is 198 Å². The molecule has 4 aromatic rings. The average molecular weight is 489 g/mol. The quantitative estimate of drug-likeness (QED) is 0.182. The van der Waals surface area contributed by atoms with E-state index in [1.807, 2.05) is 60.7 Å². The first-order valence-corrected chi connectivity index (χ1v) is 12.8. The summed E-state index contributed by atoms with van der Waals surface area (Å²) in [6.45, 7) is 4.22. The fourth-order valence-corrected chi connectivity index (χ4v) is 4.59. The summed E-state index contributed by atoms with van der Waals surface area (Å²) >= 11 is 5.59. The molecule has 0 aliphatic rings. The third-order valence-electron chi connectivity index (χ3n) is 4.28. The zero-order valence-corrected chi connectivity index (χ0v) is 20.2. The molecule has 0 spiro atoms. The van der Waals surface area contributed by atoms with Crippen molar-refractivity contribution in [3.8, 4) is 22.9 Å². The lowest BCUT2D eigenvalue weighted by atomic mass is 10.2. The van der Waals surface area contributed by atoms with Crippen LogP contribution in [0.15, 0.2) is 81.9 Å². The lowest BCUT2D eigenvalue weighted by Gasteiger charge is -2.15. The lowest BCUT2D eigenvalue weighted by molar-refractivity contribution is 0.217. The molecule has 0 unspecified atom stereocenters. The summed E-state index contributed by atoms with van der Waals surface area (Å²) in [5, 5.41) is 0. The zero-order chi connectivity index (χ0) is 23.5. The number of oxazole rings is 2. The number of hydrogen-bond acceptors (Lipinski definition) is 7. The number of benzene rings is 2. The molecular weight excluding hydrogens is 463 g/mol. The van der Waals surface area contributed by atoms with E-state index in [4.69, 9.17) is 29.5 Å². The van der Waals surface area contributed by atoms with Gasteiger partial charge in [-0.1, -0.05) is 36.4 Å². The molecule has 0 aliphatic heterocycles. The van der Waals surface area contributed by atoms with Crippen LogP contribution in [0.1, 0.15) is 25.4 Å². The minimum Gasteiger partial charge on any atom is -0.441 e. The van der Waals surface area contributed by atoms with Gasteiger partial charge in [0.1, 0.15) is 17.7 Å². The number of halogens is 1. The molecule has 174 valence electrons. The van der Waals surface area contributed by atoms with Crippen LogP contribution in [-0.4, -0.2) is 23.2 Å². The van der Waals surface area contributed by atoms with Crippen LogP contribution >= 0.6 is 19.2 Å². The standard InChI is InChI=1S/C14H18NO4P.C10H8ClNO/c1-3-17-20(16,18-4-2)11-13-10-15-14(19-13)12-8-6-5-7-9-12;11-6-9-7-12-10(13-9)8-4-2-1-3-5-8/h5-10H,3-4,11H2,1-2H3;1-5,7H,6H2. The number of rotatable bonds is 9. The molecule has 0 saturated heterocycles. The maximum Gasteiger partial charge on any atom is 0.338 e. The number of alkyl halides is 1. The van der Waals surface area contributed by atoms with Gasteiger partial charge < -0.3 is 17.9 Å². The summed E-state index contributed by atoms with van der Waals surface area (Å²) in [7, 11) is -3.15. The normalized spacial score (nSPS) is 11.1. The van der Waals surface area contributed by atoms with Gasteiger partial charge in [0.15, 0.2) is 0 Å². The molecule has 0 amide bonds. The van der Waals surface area contributed by atoms with Crippen LogP contribution in [0.5, 0.6) is 0 Å². The maximum atomic E-state index is 12.4. The van der Waals surface area contributed by atoms with Gasteiger partial charge in [-0.2, -0.15) is 0 Å². The van der Waals surface area contributed by atoms with Crippen LogP contribution in [0, 0.1) is 0 Å². The molecule has 0 fully saturated rings. The summed E-state index contributed by atoms with van der Waals surface area (Å²) < 4.78 is 33.9. The van der Waals surface area contributed by atoms with Crippen molar-refractivity contribution >= 4 is 19.2 Å². The van der Waals surface area contributed by atoms with E-state index >= 15 is 0 Å². The van der Waals surface area contributed by atoms with E-state index in [0.29, 0.717) is 42.4 Å². The molecule has 2 aromatic carbocycles. The second kappa shape index (κ2) is 12.5. The second-order valence-corrected chi connectivity index (χ2v) is 9.06.